The maximum atomic E-state index is 10.5. The van der Waals surface area contributed by atoms with E-state index in [2.05, 4.69) is 0 Å². The Morgan fingerprint density at radius 2 is 1.84 bits per heavy atom. The fourth-order valence-corrected chi connectivity index (χ4v) is 3.09. The van der Waals surface area contributed by atoms with Crippen LogP contribution in [0.2, 0.25) is 0 Å². The molecule has 0 heterocycles. The second kappa shape index (κ2) is 7.54. The molecular weight excluding hydrogens is 236 g/mol. The van der Waals surface area contributed by atoms with Crippen LogP contribution in [0, 0.1) is 5.92 Å². The second-order valence-electron chi connectivity index (χ2n) is 5.58. The van der Waals surface area contributed by atoms with E-state index in [1.807, 2.05) is 31.2 Å². The van der Waals surface area contributed by atoms with Crippen LogP contribution in [-0.4, -0.2) is 11.7 Å². The average molecular weight is 262 g/mol. The summed E-state index contributed by atoms with van der Waals surface area (Å²) < 4.78 is 5.61. The van der Waals surface area contributed by atoms with Gasteiger partial charge in [-0.25, -0.2) is 0 Å². The first-order valence-corrected chi connectivity index (χ1v) is 7.71. The summed E-state index contributed by atoms with van der Waals surface area (Å²) in [5, 5.41) is 10.5. The molecule has 1 aromatic carbocycles. The van der Waals surface area contributed by atoms with Crippen LogP contribution in [0.4, 0.5) is 0 Å². The zero-order valence-electron chi connectivity index (χ0n) is 12.0. The molecule has 0 aromatic heterocycles. The molecule has 1 atom stereocenters. The van der Waals surface area contributed by atoms with Crippen molar-refractivity contribution in [2.75, 3.05) is 6.61 Å². The normalized spacial score (nSPS) is 18.8. The minimum Gasteiger partial charge on any atom is -0.493 e. The third-order valence-electron chi connectivity index (χ3n) is 4.11. The zero-order valence-corrected chi connectivity index (χ0v) is 12.0. The predicted octanol–water partition coefficient (Wildman–Crippen LogP) is 4.48. The molecule has 2 nitrogen and oxygen atoms in total. The number of benzene rings is 1. The summed E-state index contributed by atoms with van der Waals surface area (Å²) >= 11 is 0. The Labute approximate surface area is 116 Å². The number of ether oxygens (including phenoxy) is 1. The molecule has 1 aliphatic carbocycles. The Balaban J connectivity index is 2.00. The highest BCUT2D eigenvalue weighted by atomic mass is 16.5. The van der Waals surface area contributed by atoms with Crippen LogP contribution < -0.4 is 4.74 Å². The molecule has 1 aliphatic rings. The molecule has 0 saturated heterocycles. The van der Waals surface area contributed by atoms with E-state index in [0.29, 0.717) is 12.5 Å². The van der Waals surface area contributed by atoms with Gasteiger partial charge in [0.1, 0.15) is 5.75 Å². The van der Waals surface area contributed by atoms with Crippen molar-refractivity contribution in [3.05, 3.63) is 29.8 Å². The van der Waals surface area contributed by atoms with Crippen LogP contribution >= 0.6 is 0 Å². The van der Waals surface area contributed by atoms with Gasteiger partial charge in [0, 0.05) is 5.56 Å². The Kier molecular flexibility index (Phi) is 5.71. The van der Waals surface area contributed by atoms with Crippen molar-refractivity contribution < 1.29 is 9.84 Å². The topological polar surface area (TPSA) is 29.5 Å². The van der Waals surface area contributed by atoms with Crippen molar-refractivity contribution in [3.8, 4) is 5.75 Å². The minimum atomic E-state index is -0.383. The number of hydrogen-bond acceptors (Lipinski definition) is 2. The Morgan fingerprint density at radius 1 is 1.16 bits per heavy atom. The van der Waals surface area contributed by atoms with E-state index in [-0.39, 0.29) is 6.10 Å². The number of para-hydroxylation sites is 1. The van der Waals surface area contributed by atoms with E-state index >= 15 is 0 Å². The van der Waals surface area contributed by atoms with Crippen LogP contribution in [-0.2, 0) is 0 Å². The van der Waals surface area contributed by atoms with Gasteiger partial charge in [-0.05, 0) is 25.3 Å². The van der Waals surface area contributed by atoms with E-state index in [0.717, 1.165) is 17.7 Å². The number of hydrogen-bond donors (Lipinski definition) is 1. The fraction of sp³-hybridized carbons (Fsp3) is 0.647. The third kappa shape index (κ3) is 4.24. The van der Waals surface area contributed by atoms with Crippen molar-refractivity contribution in [1.82, 2.24) is 0 Å². The summed E-state index contributed by atoms with van der Waals surface area (Å²) in [5.41, 5.74) is 0.952. The zero-order chi connectivity index (χ0) is 13.5. The van der Waals surface area contributed by atoms with Gasteiger partial charge in [0.05, 0.1) is 12.7 Å². The Morgan fingerprint density at radius 3 is 2.53 bits per heavy atom. The quantitative estimate of drug-likeness (QED) is 0.793. The largest absolute Gasteiger partial charge is 0.493 e. The number of aliphatic hydroxyl groups is 1. The van der Waals surface area contributed by atoms with Crippen molar-refractivity contribution in [3.63, 3.8) is 0 Å². The lowest BCUT2D eigenvalue weighted by atomic mass is 9.91. The molecule has 19 heavy (non-hydrogen) atoms. The predicted molar refractivity (Wildman–Crippen MR) is 78.4 cm³/mol. The Bertz CT molecular complexity index is 367. The molecular formula is C17H26O2. The third-order valence-corrected chi connectivity index (χ3v) is 4.11. The highest BCUT2D eigenvalue weighted by molar-refractivity contribution is 5.35. The fourth-order valence-electron chi connectivity index (χ4n) is 3.09. The van der Waals surface area contributed by atoms with Gasteiger partial charge in [-0.15, -0.1) is 0 Å². The molecule has 1 fully saturated rings. The van der Waals surface area contributed by atoms with Crippen molar-refractivity contribution >= 4 is 0 Å². The summed E-state index contributed by atoms with van der Waals surface area (Å²) in [6, 6.07) is 7.89. The lowest BCUT2D eigenvalue weighted by molar-refractivity contribution is 0.135. The summed E-state index contributed by atoms with van der Waals surface area (Å²) in [6.07, 6.45) is 8.41. The lowest BCUT2D eigenvalue weighted by Gasteiger charge is -2.20. The molecule has 0 amide bonds. The summed E-state index contributed by atoms with van der Waals surface area (Å²) in [6.45, 7) is 2.63. The van der Waals surface area contributed by atoms with Crippen molar-refractivity contribution in [2.45, 2.75) is 58.0 Å². The summed E-state index contributed by atoms with van der Waals surface area (Å²) in [4.78, 5) is 0. The van der Waals surface area contributed by atoms with Crippen LogP contribution in [0.1, 0.15) is 63.5 Å². The first-order chi connectivity index (χ1) is 9.31. The van der Waals surface area contributed by atoms with Crippen LogP contribution in [0.5, 0.6) is 5.75 Å². The smallest absolute Gasteiger partial charge is 0.125 e. The monoisotopic (exact) mass is 262 g/mol. The van der Waals surface area contributed by atoms with Crippen LogP contribution in [0.3, 0.4) is 0 Å². The van der Waals surface area contributed by atoms with E-state index in [4.69, 9.17) is 4.74 Å². The van der Waals surface area contributed by atoms with Gasteiger partial charge in [-0.1, -0.05) is 56.7 Å². The van der Waals surface area contributed by atoms with Crippen molar-refractivity contribution in [1.29, 1.82) is 0 Å². The molecule has 0 bridgehead atoms. The Hall–Kier alpha value is -1.02. The first-order valence-electron chi connectivity index (χ1n) is 7.71. The van der Waals surface area contributed by atoms with Crippen LogP contribution in [0.15, 0.2) is 24.3 Å². The van der Waals surface area contributed by atoms with E-state index < -0.39 is 0 Å². The minimum absolute atomic E-state index is 0.383. The molecule has 0 aliphatic heterocycles. The van der Waals surface area contributed by atoms with E-state index in [9.17, 15) is 5.11 Å². The first kappa shape index (κ1) is 14.4. The maximum Gasteiger partial charge on any atom is 0.125 e. The van der Waals surface area contributed by atoms with Gasteiger partial charge in [-0.3, -0.25) is 0 Å². The molecule has 0 radical (unpaired) electrons. The van der Waals surface area contributed by atoms with Gasteiger partial charge in [0.2, 0.25) is 0 Å². The molecule has 0 spiro atoms. The highest BCUT2D eigenvalue weighted by Crippen LogP contribution is 2.34. The lowest BCUT2D eigenvalue weighted by Crippen LogP contribution is -2.08. The number of aliphatic hydroxyl groups excluding tert-OH is 1. The molecule has 2 heteroatoms. The van der Waals surface area contributed by atoms with Crippen LogP contribution in [0.25, 0.3) is 0 Å². The van der Waals surface area contributed by atoms with E-state index in [1.54, 1.807) is 0 Å². The SMILES string of the molecule is CCOc1ccccc1C(O)CC1CCCCCC1. The summed E-state index contributed by atoms with van der Waals surface area (Å²) in [5.74, 6) is 1.51. The molecule has 1 N–H and O–H groups in total. The molecule has 2 rings (SSSR count). The average Bonchev–Trinajstić information content (AvgIpc) is 2.68. The second-order valence-corrected chi connectivity index (χ2v) is 5.58. The molecule has 106 valence electrons. The van der Waals surface area contributed by atoms with Crippen molar-refractivity contribution in [2.24, 2.45) is 5.92 Å². The van der Waals surface area contributed by atoms with Gasteiger partial charge < -0.3 is 9.84 Å². The number of rotatable bonds is 5. The van der Waals surface area contributed by atoms with Gasteiger partial charge in [-0.2, -0.15) is 0 Å². The van der Waals surface area contributed by atoms with Gasteiger partial charge >= 0.3 is 0 Å². The van der Waals surface area contributed by atoms with Gasteiger partial charge in [0.15, 0.2) is 0 Å². The van der Waals surface area contributed by atoms with E-state index in [1.165, 1.54) is 38.5 Å². The molecule has 1 unspecified atom stereocenters. The highest BCUT2D eigenvalue weighted by Gasteiger charge is 2.19. The summed E-state index contributed by atoms with van der Waals surface area (Å²) in [7, 11) is 0. The maximum absolute atomic E-state index is 10.5. The molecule has 1 saturated carbocycles. The van der Waals surface area contributed by atoms with Gasteiger partial charge in [0.25, 0.3) is 0 Å². The molecule has 1 aromatic rings. The standard InChI is InChI=1S/C17H26O2/c1-2-19-17-12-8-7-11-15(17)16(18)13-14-9-5-3-4-6-10-14/h7-8,11-12,14,16,18H,2-6,9-10,13H2,1H3.